The van der Waals surface area contributed by atoms with Crippen molar-refractivity contribution in [2.45, 2.75) is 12.3 Å². The van der Waals surface area contributed by atoms with Crippen LogP contribution >= 0.6 is 0 Å². The molecule has 0 spiro atoms. The highest BCUT2D eigenvalue weighted by atomic mass is 16.6. The molecule has 0 aliphatic heterocycles. The van der Waals surface area contributed by atoms with Crippen molar-refractivity contribution in [3.05, 3.63) is 86.0 Å². The average molecular weight is 314 g/mol. The van der Waals surface area contributed by atoms with E-state index in [1.165, 1.54) is 24.3 Å². The Morgan fingerprint density at radius 2 is 1.57 bits per heavy atom. The summed E-state index contributed by atoms with van der Waals surface area (Å²) < 4.78 is 0. The first kappa shape index (κ1) is 16.3. The van der Waals surface area contributed by atoms with Gasteiger partial charge < -0.3 is 0 Å². The van der Waals surface area contributed by atoms with Crippen molar-refractivity contribution in [3.63, 3.8) is 0 Å². The first-order chi connectivity index (χ1) is 11.0. The molecule has 0 aliphatic rings. The number of carbonyl (C=O) groups is 1. The summed E-state index contributed by atoms with van der Waals surface area (Å²) in [5.74, 6) is -0.825. The largest absolute Gasteiger partial charge is 0.294 e. The summed E-state index contributed by atoms with van der Waals surface area (Å²) in [6.07, 6.45) is -0.0250. The topological polar surface area (TPSA) is 103 Å². The fourth-order valence-corrected chi connectivity index (χ4v) is 2.30. The molecule has 0 unspecified atom stereocenters. The van der Waals surface area contributed by atoms with Crippen LogP contribution in [0, 0.1) is 20.2 Å². The summed E-state index contributed by atoms with van der Waals surface area (Å²) >= 11 is 0. The lowest BCUT2D eigenvalue weighted by molar-refractivity contribution is -0.483. The molecule has 7 heteroatoms. The van der Waals surface area contributed by atoms with Gasteiger partial charge in [-0.2, -0.15) is 0 Å². The Balaban J connectivity index is 2.21. The Labute approximate surface area is 131 Å². The van der Waals surface area contributed by atoms with E-state index >= 15 is 0 Å². The number of nitro groups is 2. The molecule has 0 bridgehead atoms. The second kappa shape index (κ2) is 7.26. The Hall–Kier alpha value is -3.09. The highest BCUT2D eigenvalue weighted by Gasteiger charge is 2.22. The molecule has 118 valence electrons. The van der Waals surface area contributed by atoms with Gasteiger partial charge in [0.2, 0.25) is 6.54 Å². The molecule has 0 fully saturated rings. The highest BCUT2D eigenvalue weighted by molar-refractivity contribution is 5.96. The molecule has 0 aliphatic carbocycles. The van der Waals surface area contributed by atoms with E-state index in [-0.39, 0.29) is 17.9 Å². The van der Waals surface area contributed by atoms with Crippen molar-refractivity contribution in [1.82, 2.24) is 0 Å². The van der Waals surface area contributed by atoms with E-state index in [1.807, 2.05) is 0 Å². The van der Waals surface area contributed by atoms with Crippen LogP contribution in [0.4, 0.5) is 5.69 Å². The number of nitrogens with zero attached hydrogens (tertiary/aromatic N) is 2. The van der Waals surface area contributed by atoms with E-state index < -0.39 is 22.3 Å². The van der Waals surface area contributed by atoms with Crippen LogP contribution in [0.1, 0.15) is 28.3 Å². The van der Waals surface area contributed by atoms with E-state index in [0.717, 1.165) is 0 Å². The van der Waals surface area contributed by atoms with Gasteiger partial charge in [0.05, 0.1) is 10.8 Å². The predicted octanol–water partition coefficient (Wildman–Crippen LogP) is 3.23. The third kappa shape index (κ3) is 4.44. The number of benzene rings is 2. The molecule has 7 nitrogen and oxygen atoms in total. The smallest absolute Gasteiger partial charge is 0.269 e. The number of hydrogen-bond donors (Lipinski definition) is 0. The molecule has 0 N–H and O–H groups in total. The Kier molecular flexibility index (Phi) is 5.14. The van der Waals surface area contributed by atoms with Crippen LogP contribution < -0.4 is 0 Å². The minimum absolute atomic E-state index is 0.0250. The van der Waals surface area contributed by atoms with Crippen LogP contribution in [0.5, 0.6) is 0 Å². The van der Waals surface area contributed by atoms with E-state index in [0.29, 0.717) is 11.1 Å². The van der Waals surface area contributed by atoms with Gasteiger partial charge in [0.1, 0.15) is 0 Å². The fourth-order valence-electron chi connectivity index (χ4n) is 2.30. The second-order valence-electron chi connectivity index (χ2n) is 5.05. The Bertz CT molecular complexity index is 713. The van der Waals surface area contributed by atoms with Crippen LogP contribution in [-0.2, 0) is 0 Å². The third-order valence-electron chi connectivity index (χ3n) is 3.47. The van der Waals surface area contributed by atoms with E-state index in [1.54, 1.807) is 30.3 Å². The first-order valence-corrected chi connectivity index (χ1v) is 6.92. The molecular formula is C16H14N2O5. The summed E-state index contributed by atoms with van der Waals surface area (Å²) in [7, 11) is 0. The molecular weight excluding hydrogens is 300 g/mol. The number of Topliss-reactive ketones (excluding diaryl/α,β-unsaturated/α-hetero) is 1. The van der Waals surface area contributed by atoms with Gasteiger partial charge in [-0.15, -0.1) is 0 Å². The minimum atomic E-state index is -0.626. The molecule has 2 aromatic carbocycles. The van der Waals surface area contributed by atoms with Gasteiger partial charge in [-0.3, -0.25) is 25.0 Å². The quantitative estimate of drug-likeness (QED) is 0.443. The summed E-state index contributed by atoms with van der Waals surface area (Å²) in [6, 6.07) is 14.0. The summed E-state index contributed by atoms with van der Waals surface area (Å²) in [6.45, 7) is -0.406. The molecule has 0 radical (unpaired) electrons. The van der Waals surface area contributed by atoms with Crippen LogP contribution in [-0.4, -0.2) is 22.2 Å². The maximum absolute atomic E-state index is 12.3. The van der Waals surface area contributed by atoms with Crippen LogP contribution in [0.3, 0.4) is 0 Å². The van der Waals surface area contributed by atoms with Crippen molar-refractivity contribution in [1.29, 1.82) is 0 Å². The number of nitro benzene ring substituents is 1. The lowest BCUT2D eigenvalue weighted by Crippen LogP contribution is -2.16. The van der Waals surface area contributed by atoms with Gasteiger partial charge in [-0.05, 0) is 5.56 Å². The van der Waals surface area contributed by atoms with Crippen molar-refractivity contribution in [2.75, 3.05) is 6.54 Å². The molecule has 2 rings (SSSR count). The predicted molar refractivity (Wildman–Crippen MR) is 83.1 cm³/mol. The molecule has 0 saturated carbocycles. The van der Waals surface area contributed by atoms with Crippen molar-refractivity contribution >= 4 is 11.5 Å². The normalized spacial score (nSPS) is 11.7. The molecule has 0 amide bonds. The Morgan fingerprint density at radius 1 is 0.957 bits per heavy atom. The van der Waals surface area contributed by atoms with E-state index in [9.17, 15) is 25.0 Å². The van der Waals surface area contributed by atoms with Gasteiger partial charge in [-0.1, -0.05) is 42.5 Å². The SMILES string of the molecule is O=C(C[C@@H](C[N+](=O)[O-])c1ccc([N+](=O)[O-])cc1)c1ccccc1. The zero-order chi connectivity index (χ0) is 16.8. The minimum Gasteiger partial charge on any atom is -0.294 e. The van der Waals surface area contributed by atoms with Gasteiger partial charge in [0.15, 0.2) is 5.78 Å². The molecule has 23 heavy (non-hydrogen) atoms. The van der Waals surface area contributed by atoms with Crippen LogP contribution in [0.25, 0.3) is 0 Å². The molecule has 0 aromatic heterocycles. The van der Waals surface area contributed by atoms with E-state index in [2.05, 4.69) is 0 Å². The zero-order valence-corrected chi connectivity index (χ0v) is 12.1. The second-order valence-corrected chi connectivity index (χ2v) is 5.05. The maximum Gasteiger partial charge on any atom is 0.269 e. The summed E-state index contributed by atoms with van der Waals surface area (Å²) in [5, 5.41) is 21.5. The number of carbonyl (C=O) groups excluding carboxylic acids is 1. The average Bonchev–Trinajstić information content (AvgIpc) is 2.54. The number of ketones is 1. The van der Waals surface area contributed by atoms with Crippen LogP contribution in [0.2, 0.25) is 0 Å². The lowest BCUT2D eigenvalue weighted by Gasteiger charge is -2.12. The Morgan fingerprint density at radius 3 is 2.09 bits per heavy atom. The van der Waals surface area contributed by atoms with Gasteiger partial charge in [0, 0.05) is 29.0 Å². The number of rotatable bonds is 7. The van der Waals surface area contributed by atoms with Crippen LogP contribution in [0.15, 0.2) is 54.6 Å². The summed E-state index contributed by atoms with van der Waals surface area (Å²) in [4.78, 5) is 32.8. The highest BCUT2D eigenvalue weighted by Crippen LogP contribution is 2.24. The number of non-ortho nitro benzene ring substituents is 1. The van der Waals surface area contributed by atoms with Gasteiger partial charge in [0.25, 0.3) is 5.69 Å². The lowest BCUT2D eigenvalue weighted by atomic mass is 9.91. The standard InChI is InChI=1S/C16H14N2O5/c19-16(13-4-2-1-3-5-13)10-14(11-17(20)21)12-6-8-15(9-7-12)18(22)23/h1-9,14H,10-11H2/t14-/m0/s1. The van der Waals surface area contributed by atoms with Crippen molar-refractivity contribution < 1.29 is 14.6 Å². The molecule has 0 saturated heterocycles. The first-order valence-electron chi connectivity index (χ1n) is 6.92. The molecule has 1 atom stereocenters. The van der Waals surface area contributed by atoms with Crippen molar-refractivity contribution in [2.24, 2.45) is 0 Å². The third-order valence-corrected chi connectivity index (χ3v) is 3.47. The zero-order valence-electron chi connectivity index (χ0n) is 12.1. The van der Waals surface area contributed by atoms with E-state index in [4.69, 9.17) is 0 Å². The van der Waals surface area contributed by atoms with Crippen molar-refractivity contribution in [3.8, 4) is 0 Å². The summed E-state index contributed by atoms with van der Waals surface area (Å²) in [5.41, 5.74) is 0.933. The molecule has 2 aromatic rings. The van der Waals surface area contributed by atoms with Gasteiger partial charge in [-0.25, -0.2) is 0 Å². The maximum atomic E-state index is 12.3. The monoisotopic (exact) mass is 314 g/mol. The number of hydrogen-bond acceptors (Lipinski definition) is 5. The fraction of sp³-hybridized carbons (Fsp3) is 0.188. The molecule has 0 heterocycles. The van der Waals surface area contributed by atoms with Gasteiger partial charge >= 0.3 is 0 Å².